The summed E-state index contributed by atoms with van der Waals surface area (Å²) in [5.74, 6) is 0.514. The van der Waals surface area contributed by atoms with Gasteiger partial charge in [-0.3, -0.25) is 0 Å². The fourth-order valence-corrected chi connectivity index (χ4v) is 2.68. The van der Waals surface area contributed by atoms with Gasteiger partial charge in [0.2, 0.25) is 0 Å². The molecule has 0 atom stereocenters. The molecule has 2 rings (SSSR count). The van der Waals surface area contributed by atoms with E-state index in [2.05, 4.69) is 41.1 Å². The average Bonchev–Trinajstić information content (AvgIpc) is 2.29. The zero-order valence-corrected chi connectivity index (χ0v) is 10.8. The molecule has 4 heteroatoms. The number of benzene rings is 1. The molecular weight excluding hydrogens is 265 g/mol. The van der Waals surface area contributed by atoms with Crippen molar-refractivity contribution in [2.75, 3.05) is 13.1 Å². The molecule has 2 radical (unpaired) electrons. The van der Waals surface area contributed by atoms with Crippen LogP contribution in [0.2, 0.25) is 0 Å². The summed E-state index contributed by atoms with van der Waals surface area (Å²) < 4.78 is 1.21. The van der Waals surface area contributed by atoms with E-state index in [0.29, 0.717) is 19.0 Å². The fourth-order valence-electron chi connectivity index (χ4n) is 2.18. The molecular formula is C12H14AsNO2. The van der Waals surface area contributed by atoms with Gasteiger partial charge in [-0.1, -0.05) is 0 Å². The van der Waals surface area contributed by atoms with Crippen molar-refractivity contribution in [2.45, 2.75) is 18.8 Å². The summed E-state index contributed by atoms with van der Waals surface area (Å²) in [5, 5.41) is 8.86. The first-order valence-electron chi connectivity index (χ1n) is 5.43. The molecule has 0 aliphatic carbocycles. The maximum atomic E-state index is 10.8. The van der Waals surface area contributed by atoms with E-state index in [1.165, 1.54) is 14.8 Å². The first kappa shape index (κ1) is 11.5. The van der Waals surface area contributed by atoms with Crippen molar-refractivity contribution in [2.24, 2.45) is 0 Å². The van der Waals surface area contributed by atoms with Crippen LogP contribution in [-0.2, 0) is 0 Å². The van der Waals surface area contributed by atoms with Crippen LogP contribution in [0.5, 0.6) is 0 Å². The molecule has 3 nitrogen and oxygen atoms in total. The van der Waals surface area contributed by atoms with Gasteiger partial charge in [-0.05, 0) is 0 Å². The summed E-state index contributed by atoms with van der Waals surface area (Å²) in [6.45, 7) is 1.31. The molecule has 84 valence electrons. The van der Waals surface area contributed by atoms with Crippen molar-refractivity contribution in [3.8, 4) is 0 Å². The van der Waals surface area contributed by atoms with Crippen molar-refractivity contribution in [1.29, 1.82) is 0 Å². The zero-order valence-electron chi connectivity index (χ0n) is 8.97. The Morgan fingerprint density at radius 2 is 2.06 bits per heavy atom. The van der Waals surface area contributed by atoms with Crippen LogP contribution in [0.25, 0.3) is 0 Å². The molecule has 1 aliphatic rings. The van der Waals surface area contributed by atoms with Gasteiger partial charge in [0.15, 0.2) is 0 Å². The van der Waals surface area contributed by atoms with Crippen LogP contribution in [-0.4, -0.2) is 46.0 Å². The molecule has 1 heterocycles. The molecule has 1 N–H and O–H groups in total. The molecule has 1 fully saturated rings. The normalized spacial score (nSPS) is 17.4. The Morgan fingerprint density at radius 1 is 1.38 bits per heavy atom. The Kier molecular flexibility index (Phi) is 3.55. The third kappa shape index (κ3) is 2.59. The van der Waals surface area contributed by atoms with E-state index in [9.17, 15) is 4.79 Å². The quantitative estimate of drug-likeness (QED) is 0.788. The number of hydrogen-bond donors (Lipinski definition) is 1. The molecule has 1 amide bonds. The summed E-state index contributed by atoms with van der Waals surface area (Å²) in [5.41, 5.74) is 1.34. The van der Waals surface area contributed by atoms with Crippen LogP contribution in [0, 0.1) is 0 Å². The van der Waals surface area contributed by atoms with Crippen molar-refractivity contribution in [1.82, 2.24) is 4.90 Å². The van der Waals surface area contributed by atoms with E-state index >= 15 is 0 Å². The SMILES string of the molecule is O=C(O)N1CCC(c2cccc([As])c2)CC1. The monoisotopic (exact) mass is 279 g/mol. The van der Waals surface area contributed by atoms with Gasteiger partial charge in [-0.15, -0.1) is 0 Å². The van der Waals surface area contributed by atoms with Crippen molar-refractivity contribution >= 4 is 27.3 Å². The molecule has 0 bridgehead atoms. The van der Waals surface area contributed by atoms with Crippen molar-refractivity contribution < 1.29 is 9.90 Å². The van der Waals surface area contributed by atoms with Crippen LogP contribution >= 0.6 is 0 Å². The van der Waals surface area contributed by atoms with Crippen LogP contribution < -0.4 is 4.35 Å². The summed E-state index contributed by atoms with van der Waals surface area (Å²) in [4.78, 5) is 12.3. The molecule has 0 unspecified atom stereocenters. The number of carbonyl (C=O) groups is 1. The van der Waals surface area contributed by atoms with Gasteiger partial charge < -0.3 is 0 Å². The predicted octanol–water partition coefficient (Wildman–Crippen LogP) is 1.34. The van der Waals surface area contributed by atoms with Crippen LogP contribution in [0.3, 0.4) is 0 Å². The third-order valence-corrected chi connectivity index (χ3v) is 3.69. The minimum absolute atomic E-state index is 0.514. The average molecular weight is 279 g/mol. The van der Waals surface area contributed by atoms with Crippen LogP contribution in [0.4, 0.5) is 4.79 Å². The summed E-state index contributed by atoms with van der Waals surface area (Å²) in [7, 11) is 0. The number of rotatable bonds is 1. The Balaban J connectivity index is 2.01. The van der Waals surface area contributed by atoms with Gasteiger partial charge in [0.05, 0.1) is 0 Å². The molecule has 0 aromatic heterocycles. The first-order valence-corrected chi connectivity index (χ1v) is 6.37. The second-order valence-electron chi connectivity index (χ2n) is 4.14. The molecule has 0 saturated carbocycles. The van der Waals surface area contributed by atoms with Gasteiger partial charge in [0, 0.05) is 0 Å². The molecule has 1 aromatic carbocycles. The number of hydrogen-bond acceptors (Lipinski definition) is 1. The molecule has 1 aromatic rings. The molecule has 0 spiro atoms. The van der Waals surface area contributed by atoms with Gasteiger partial charge in [-0.25, -0.2) is 0 Å². The van der Waals surface area contributed by atoms with E-state index in [4.69, 9.17) is 5.11 Å². The number of amides is 1. The van der Waals surface area contributed by atoms with Gasteiger partial charge in [0.25, 0.3) is 0 Å². The third-order valence-electron chi connectivity index (χ3n) is 3.11. The Hall–Kier alpha value is -0.952. The maximum absolute atomic E-state index is 10.8. The van der Waals surface area contributed by atoms with E-state index in [1.54, 1.807) is 0 Å². The van der Waals surface area contributed by atoms with Gasteiger partial charge in [0.1, 0.15) is 0 Å². The van der Waals surface area contributed by atoms with Gasteiger partial charge >= 0.3 is 104 Å². The van der Waals surface area contributed by atoms with E-state index in [1.807, 2.05) is 0 Å². The zero-order chi connectivity index (χ0) is 11.5. The Labute approximate surface area is 104 Å². The van der Waals surface area contributed by atoms with Crippen LogP contribution in [0.1, 0.15) is 24.3 Å². The second-order valence-corrected chi connectivity index (χ2v) is 5.22. The fraction of sp³-hybridized carbons (Fsp3) is 0.417. The van der Waals surface area contributed by atoms with Crippen LogP contribution in [0.15, 0.2) is 24.3 Å². The topological polar surface area (TPSA) is 40.5 Å². The summed E-state index contributed by atoms with van der Waals surface area (Å²) >= 11 is 2.55. The minimum atomic E-state index is -0.792. The second kappa shape index (κ2) is 4.92. The van der Waals surface area contributed by atoms with Gasteiger partial charge in [-0.2, -0.15) is 0 Å². The number of carboxylic acid groups (broad SMARTS) is 1. The van der Waals surface area contributed by atoms with Crippen molar-refractivity contribution in [3.63, 3.8) is 0 Å². The van der Waals surface area contributed by atoms with E-state index in [0.717, 1.165) is 12.8 Å². The summed E-state index contributed by atoms with van der Waals surface area (Å²) in [6.07, 6.45) is 1.07. The number of likely N-dealkylation sites (tertiary alicyclic amines) is 1. The Morgan fingerprint density at radius 3 is 2.62 bits per heavy atom. The van der Waals surface area contributed by atoms with E-state index < -0.39 is 6.09 Å². The molecule has 16 heavy (non-hydrogen) atoms. The molecule has 1 saturated heterocycles. The number of piperidine rings is 1. The number of nitrogens with zero attached hydrogens (tertiary/aromatic N) is 1. The Bertz CT molecular complexity index is 386. The summed E-state index contributed by atoms with van der Waals surface area (Å²) in [6, 6.07) is 8.45. The van der Waals surface area contributed by atoms with Crippen molar-refractivity contribution in [3.05, 3.63) is 29.8 Å². The first-order chi connectivity index (χ1) is 7.66. The molecule has 1 aliphatic heterocycles. The predicted molar refractivity (Wildman–Crippen MR) is 63.4 cm³/mol. The standard InChI is InChI=1S/C12H14AsNO2/c13-11-3-1-2-10(8-11)9-4-6-14(7-5-9)12(15)16/h1-3,8-9H,4-7H2,(H,15,16). The van der Waals surface area contributed by atoms with E-state index in [-0.39, 0.29) is 0 Å².